The Hall–Kier alpha value is -3.28. The molecule has 1 unspecified atom stereocenters. The highest BCUT2D eigenvalue weighted by atomic mass is 16.5. The Bertz CT molecular complexity index is 1290. The van der Waals surface area contributed by atoms with Crippen LogP contribution in [-0.2, 0) is 13.6 Å². The predicted molar refractivity (Wildman–Crippen MR) is 123 cm³/mol. The van der Waals surface area contributed by atoms with Crippen LogP contribution >= 0.6 is 0 Å². The number of nitrogens with zero attached hydrogens (tertiary/aromatic N) is 3. The highest BCUT2D eigenvalue weighted by Gasteiger charge is 2.26. The Labute approximate surface area is 182 Å². The number of rotatable bonds is 3. The summed E-state index contributed by atoms with van der Waals surface area (Å²) in [7, 11) is 5.04. The largest absolute Gasteiger partial charge is 0.493 e. The molecule has 2 aromatic carbocycles. The minimum absolute atomic E-state index is 0.0778. The Morgan fingerprint density at radius 1 is 0.968 bits per heavy atom. The molecule has 0 spiro atoms. The normalized spacial score (nSPS) is 15.5. The molecule has 4 rings (SSSR count). The molecule has 162 valence electrons. The van der Waals surface area contributed by atoms with E-state index in [-0.39, 0.29) is 11.6 Å². The monoisotopic (exact) mass is 419 g/mol. The molecule has 6 nitrogen and oxygen atoms in total. The number of methoxy groups -OCH3 is 2. The first kappa shape index (κ1) is 21.0. The maximum Gasteiger partial charge on any atom is 0.329 e. The van der Waals surface area contributed by atoms with Gasteiger partial charge in [0.15, 0.2) is 11.5 Å². The first-order valence-electron chi connectivity index (χ1n) is 10.4. The van der Waals surface area contributed by atoms with Gasteiger partial charge in [0.05, 0.1) is 25.6 Å². The molecule has 1 aliphatic rings. The molecule has 0 aliphatic carbocycles. The van der Waals surface area contributed by atoms with E-state index in [0.29, 0.717) is 23.5 Å². The third-order valence-corrected chi connectivity index (χ3v) is 6.10. The van der Waals surface area contributed by atoms with Crippen LogP contribution in [-0.4, -0.2) is 23.4 Å². The van der Waals surface area contributed by atoms with Crippen LogP contribution in [0.3, 0.4) is 0 Å². The van der Waals surface area contributed by atoms with Crippen LogP contribution < -0.4 is 20.7 Å². The van der Waals surface area contributed by atoms with Crippen molar-refractivity contribution >= 4 is 5.69 Å². The van der Waals surface area contributed by atoms with Crippen LogP contribution in [0.4, 0.5) is 5.69 Å². The summed E-state index contributed by atoms with van der Waals surface area (Å²) in [6, 6.07) is 10.2. The number of aryl methyl sites for hydroxylation is 3. The molecule has 0 fully saturated rings. The van der Waals surface area contributed by atoms with Gasteiger partial charge in [-0.25, -0.2) is 9.79 Å². The van der Waals surface area contributed by atoms with Crippen molar-refractivity contribution in [2.45, 2.75) is 40.2 Å². The maximum atomic E-state index is 13.3. The van der Waals surface area contributed by atoms with Crippen molar-refractivity contribution in [3.8, 4) is 22.8 Å². The molecule has 0 N–H and O–H groups in total. The molecule has 0 radical (unpaired) electrons. The Morgan fingerprint density at radius 2 is 1.58 bits per heavy atom. The molecule has 31 heavy (non-hydrogen) atoms. The fraction of sp³-hybridized carbons (Fsp3) is 0.360. The molecule has 3 aromatic rings. The highest BCUT2D eigenvalue weighted by Crippen LogP contribution is 2.41. The summed E-state index contributed by atoms with van der Waals surface area (Å²) in [5.74, 6) is 1.51. The maximum absolute atomic E-state index is 13.3. The van der Waals surface area contributed by atoms with Gasteiger partial charge in [0, 0.05) is 31.1 Å². The second-order valence-electron chi connectivity index (χ2n) is 8.39. The van der Waals surface area contributed by atoms with E-state index in [1.54, 1.807) is 25.8 Å². The van der Waals surface area contributed by atoms with Crippen LogP contribution in [0.2, 0.25) is 0 Å². The average molecular weight is 420 g/mol. The first-order chi connectivity index (χ1) is 14.7. The Balaban J connectivity index is 2.02. The number of fused-ring (bicyclic) bond motifs is 3. The van der Waals surface area contributed by atoms with Crippen molar-refractivity contribution in [3.63, 3.8) is 0 Å². The van der Waals surface area contributed by atoms with Gasteiger partial charge in [-0.15, -0.1) is 0 Å². The topological polar surface area (TPSA) is 57.8 Å². The van der Waals surface area contributed by atoms with Crippen LogP contribution in [0.25, 0.3) is 11.3 Å². The SMILES string of the molecule is COc1cc2c(cc1OC)C(C)Cn1c-2c/c(=N/c2c(C)cc(C)cc2C)n(C)c1=O. The molecule has 6 heteroatoms. The lowest BCUT2D eigenvalue weighted by molar-refractivity contribution is 0.354. The summed E-state index contributed by atoms with van der Waals surface area (Å²) >= 11 is 0. The number of ether oxygens (including phenoxy) is 2. The van der Waals surface area contributed by atoms with Crippen molar-refractivity contribution in [1.29, 1.82) is 0 Å². The molecule has 0 saturated heterocycles. The summed E-state index contributed by atoms with van der Waals surface area (Å²) in [6.45, 7) is 8.91. The molecule has 1 aliphatic heterocycles. The van der Waals surface area contributed by atoms with Gasteiger partial charge in [-0.05, 0) is 49.6 Å². The zero-order chi connectivity index (χ0) is 22.4. The van der Waals surface area contributed by atoms with Gasteiger partial charge >= 0.3 is 5.69 Å². The van der Waals surface area contributed by atoms with E-state index < -0.39 is 0 Å². The first-order valence-corrected chi connectivity index (χ1v) is 10.4. The summed E-state index contributed by atoms with van der Waals surface area (Å²) in [6.07, 6.45) is 0. The summed E-state index contributed by atoms with van der Waals surface area (Å²) in [4.78, 5) is 18.2. The van der Waals surface area contributed by atoms with E-state index in [4.69, 9.17) is 14.5 Å². The van der Waals surface area contributed by atoms with E-state index >= 15 is 0 Å². The van der Waals surface area contributed by atoms with Crippen molar-refractivity contribution in [1.82, 2.24) is 9.13 Å². The second-order valence-corrected chi connectivity index (χ2v) is 8.39. The molecule has 0 amide bonds. The van der Waals surface area contributed by atoms with Gasteiger partial charge < -0.3 is 9.47 Å². The standard InChI is InChI=1S/C25H29N3O3/c1-14-8-15(2)24(16(3)9-14)26-23-12-20-19-11-22(31-7)21(30-6)10-18(19)17(4)13-28(20)25(29)27(23)5/h8-12,17H,13H2,1-7H3/b26-23-. The lowest BCUT2D eigenvalue weighted by Crippen LogP contribution is -2.41. The molecule has 1 aromatic heterocycles. The molecule has 1 atom stereocenters. The van der Waals surface area contributed by atoms with Crippen molar-refractivity contribution < 1.29 is 9.47 Å². The molecular weight excluding hydrogens is 390 g/mol. The second kappa shape index (κ2) is 7.76. The quantitative estimate of drug-likeness (QED) is 0.641. The van der Waals surface area contributed by atoms with E-state index in [1.165, 1.54) is 5.56 Å². The number of aromatic nitrogens is 2. The summed E-state index contributed by atoms with van der Waals surface area (Å²) < 4.78 is 14.5. The minimum atomic E-state index is -0.0778. The van der Waals surface area contributed by atoms with E-state index in [1.807, 2.05) is 22.8 Å². The zero-order valence-electron chi connectivity index (χ0n) is 19.2. The third-order valence-electron chi connectivity index (χ3n) is 6.10. The van der Waals surface area contributed by atoms with Gasteiger partial charge in [-0.3, -0.25) is 9.13 Å². The fourth-order valence-corrected chi connectivity index (χ4v) is 4.55. The van der Waals surface area contributed by atoms with Gasteiger partial charge in [-0.2, -0.15) is 0 Å². The smallest absolute Gasteiger partial charge is 0.329 e. The van der Waals surface area contributed by atoms with Crippen molar-refractivity contribution in [2.24, 2.45) is 12.0 Å². The minimum Gasteiger partial charge on any atom is -0.493 e. The van der Waals surface area contributed by atoms with Crippen LogP contribution in [0, 0.1) is 20.8 Å². The lowest BCUT2D eigenvalue weighted by Gasteiger charge is -2.28. The Kier molecular flexibility index (Phi) is 5.25. The summed E-state index contributed by atoms with van der Waals surface area (Å²) in [5, 5.41) is 0. The average Bonchev–Trinajstić information content (AvgIpc) is 2.73. The fourth-order valence-electron chi connectivity index (χ4n) is 4.55. The predicted octanol–water partition coefficient (Wildman–Crippen LogP) is 4.15. The van der Waals surface area contributed by atoms with Crippen LogP contribution in [0.1, 0.15) is 35.1 Å². The van der Waals surface area contributed by atoms with Crippen LogP contribution in [0.15, 0.2) is 40.1 Å². The summed E-state index contributed by atoms with van der Waals surface area (Å²) in [5.41, 5.74) is 7.80. The number of benzene rings is 2. The number of hydrogen-bond acceptors (Lipinski definition) is 4. The van der Waals surface area contributed by atoms with E-state index in [2.05, 4.69) is 39.8 Å². The van der Waals surface area contributed by atoms with Crippen LogP contribution in [0.5, 0.6) is 11.5 Å². The van der Waals surface area contributed by atoms with Gasteiger partial charge in [0.1, 0.15) is 5.49 Å². The zero-order valence-corrected chi connectivity index (χ0v) is 19.2. The Morgan fingerprint density at radius 3 is 2.19 bits per heavy atom. The number of hydrogen-bond donors (Lipinski definition) is 0. The molecular formula is C25H29N3O3. The molecule has 0 saturated carbocycles. The molecule has 2 heterocycles. The molecule has 0 bridgehead atoms. The van der Waals surface area contributed by atoms with Crippen molar-refractivity contribution in [3.05, 3.63) is 68.6 Å². The van der Waals surface area contributed by atoms with Gasteiger partial charge in [0.2, 0.25) is 0 Å². The lowest BCUT2D eigenvalue weighted by atomic mass is 9.89. The van der Waals surface area contributed by atoms with Crippen molar-refractivity contribution in [2.75, 3.05) is 14.2 Å². The van der Waals surface area contributed by atoms with Gasteiger partial charge in [0.25, 0.3) is 0 Å². The third kappa shape index (κ3) is 3.46. The van der Waals surface area contributed by atoms with E-state index in [0.717, 1.165) is 33.6 Å². The highest BCUT2D eigenvalue weighted by molar-refractivity contribution is 5.71. The van der Waals surface area contributed by atoms with Gasteiger partial charge in [-0.1, -0.05) is 24.6 Å². The van der Waals surface area contributed by atoms with E-state index in [9.17, 15) is 4.79 Å².